The first-order valence-electron chi connectivity index (χ1n) is 7.58. The van der Waals surface area contributed by atoms with Crippen LogP contribution in [0.15, 0.2) is 55.4 Å². The first-order chi connectivity index (χ1) is 12.2. The van der Waals surface area contributed by atoms with E-state index < -0.39 is 0 Å². The second kappa shape index (κ2) is 6.37. The molecule has 0 radical (unpaired) electrons. The number of amides is 1. The van der Waals surface area contributed by atoms with Gasteiger partial charge in [0.25, 0.3) is 5.91 Å². The zero-order valence-corrected chi connectivity index (χ0v) is 14.1. The molecule has 4 aromatic rings. The smallest absolute Gasteiger partial charge is 0.260 e. The topological polar surface area (TPSA) is 80.7 Å². The number of aromatic nitrogens is 4. The predicted molar refractivity (Wildman–Crippen MR) is 97.6 cm³/mol. The average Bonchev–Trinajstić information content (AvgIpc) is 3.10. The van der Waals surface area contributed by atoms with Gasteiger partial charge < -0.3 is 0 Å². The number of nitrogens with one attached hydrogen (secondary N) is 1. The molecule has 0 saturated heterocycles. The van der Waals surface area contributed by atoms with Crippen molar-refractivity contribution in [2.24, 2.45) is 0 Å². The molecule has 1 aromatic carbocycles. The lowest BCUT2D eigenvalue weighted by molar-refractivity contribution is 0.102. The Morgan fingerprint density at radius 3 is 2.84 bits per heavy atom. The van der Waals surface area contributed by atoms with Gasteiger partial charge in [-0.05, 0) is 30.0 Å². The summed E-state index contributed by atoms with van der Waals surface area (Å²) in [6.07, 6.45) is 8.29. The second-order valence-corrected chi connectivity index (χ2v) is 6.47. The minimum absolute atomic E-state index is 0.261. The van der Waals surface area contributed by atoms with Gasteiger partial charge in [-0.25, -0.2) is 15.0 Å². The van der Waals surface area contributed by atoms with Gasteiger partial charge in [0, 0.05) is 30.2 Å². The fourth-order valence-corrected chi connectivity index (χ4v) is 3.29. The molecule has 0 aliphatic rings. The molecule has 0 aliphatic heterocycles. The summed E-state index contributed by atoms with van der Waals surface area (Å²) >= 11 is 1.42. The number of fused-ring (bicyclic) bond motifs is 1. The highest BCUT2D eigenvalue weighted by molar-refractivity contribution is 7.19. The molecule has 4 rings (SSSR count). The average molecular weight is 347 g/mol. The third-order valence-electron chi connectivity index (χ3n) is 3.81. The van der Waals surface area contributed by atoms with E-state index in [9.17, 15) is 4.79 Å². The number of thiazole rings is 1. The molecule has 25 heavy (non-hydrogen) atoms. The lowest BCUT2D eigenvalue weighted by atomic mass is 10.1. The Labute approximate surface area is 147 Å². The molecule has 0 spiro atoms. The van der Waals surface area contributed by atoms with E-state index in [1.165, 1.54) is 23.9 Å². The molecular weight excluding hydrogens is 334 g/mol. The van der Waals surface area contributed by atoms with Gasteiger partial charge >= 0.3 is 0 Å². The van der Waals surface area contributed by atoms with Crippen LogP contribution >= 0.6 is 11.3 Å². The van der Waals surface area contributed by atoms with Crippen molar-refractivity contribution >= 4 is 33.1 Å². The number of benzene rings is 1. The van der Waals surface area contributed by atoms with E-state index in [0.29, 0.717) is 16.4 Å². The number of aryl methyl sites for hydroxylation is 1. The van der Waals surface area contributed by atoms with Crippen molar-refractivity contribution in [3.8, 4) is 10.4 Å². The molecule has 0 unspecified atom stereocenters. The van der Waals surface area contributed by atoms with Gasteiger partial charge in [0.15, 0.2) is 5.13 Å². The Kier molecular flexibility index (Phi) is 3.91. The minimum atomic E-state index is -0.261. The Morgan fingerprint density at radius 2 is 1.96 bits per heavy atom. The van der Waals surface area contributed by atoms with E-state index in [1.54, 1.807) is 19.3 Å². The van der Waals surface area contributed by atoms with E-state index in [-0.39, 0.29) is 5.91 Å². The monoisotopic (exact) mass is 347 g/mol. The highest BCUT2D eigenvalue weighted by Crippen LogP contribution is 2.31. The Morgan fingerprint density at radius 1 is 1.04 bits per heavy atom. The highest BCUT2D eigenvalue weighted by Gasteiger charge is 2.13. The normalized spacial score (nSPS) is 10.8. The van der Waals surface area contributed by atoms with Crippen LogP contribution in [0, 0.1) is 6.92 Å². The summed E-state index contributed by atoms with van der Waals surface area (Å²) in [4.78, 5) is 29.7. The number of rotatable bonds is 3. The van der Waals surface area contributed by atoms with Crippen LogP contribution in [0.3, 0.4) is 0 Å². The Balaban J connectivity index is 1.59. The number of hydrogen-bond acceptors (Lipinski definition) is 6. The summed E-state index contributed by atoms with van der Waals surface area (Å²) in [7, 11) is 0. The van der Waals surface area contributed by atoms with Crippen LogP contribution in [0.1, 0.15) is 16.1 Å². The summed E-state index contributed by atoms with van der Waals surface area (Å²) in [5, 5.41) is 5.55. The number of hydrogen-bond donors (Lipinski definition) is 1. The third kappa shape index (κ3) is 3.09. The number of pyridine rings is 1. The number of anilines is 1. The highest BCUT2D eigenvalue weighted by atomic mass is 32.1. The molecular formula is C18H13N5OS. The number of carbonyl (C=O) groups is 1. The first kappa shape index (κ1) is 15.3. The molecule has 1 N–H and O–H groups in total. The molecule has 7 heteroatoms. The SMILES string of the molecule is Cc1ncncc1C(=O)Nc1ncc(-c2ccc3cnccc3c2)s1. The fourth-order valence-electron chi connectivity index (χ4n) is 2.48. The standard InChI is InChI=1S/C18H13N5OS/c1-11-15(8-20-10-22-11)17(24)23-18-21-9-16(25-18)13-2-3-14-7-19-5-4-12(14)6-13/h2-10H,1H3,(H,21,23,24). The van der Waals surface area contributed by atoms with Crippen molar-refractivity contribution in [2.45, 2.75) is 6.92 Å². The van der Waals surface area contributed by atoms with E-state index in [1.807, 2.05) is 24.4 Å². The molecule has 0 saturated carbocycles. The molecule has 0 fully saturated rings. The first-order valence-corrected chi connectivity index (χ1v) is 8.40. The number of nitrogens with zero attached hydrogens (tertiary/aromatic N) is 4. The minimum Gasteiger partial charge on any atom is -0.298 e. The number of carbonyl (C=O) groups excluding carboxylic acids is 1. The molecule has 0 aliphatic carbocycles. The molecule has 0 bridgehead atoms. The van der Waals surface area contributed by atoms with Gasteiger partial charge in [-0.1, -0.05) is 23.5 Å². The van der Waals surface area contributed by atoms with Gasteiger partial charge in [0.1, 0.15) is 6.33 Å². The zero-order chi connectivity index (χ0) is 17.2. The summed E-state index contributed by atoms with van der Waals surface area (Å²) in [6, 6.07) is 8.12. The third-order valence-corrected chi connectivity index (χ3v) is 4.77. The van der Waals surface area contributed by atoms with Crippen LogP contribution in [-0.4, -0.2) is 25.8 Å². The van der Waals surface area contributed by atoms with Crippen molar-refractivity contribution in [2.75, 3.05) is 5.32 Å². The summed E-state index contributed by atoms with van der Waals surface area (Å²) in [5.41, 5.74) is 2.13. The fraction of sp³-hybridized carbons (Fsp3) is 0.0556. The maximum absolute atomic E-state index is 12.3. The molecule has 3 aromatic heterocycles. The van der Waals surface area contributed by atoms with Crippen molar-refractivity contribution in [3.05, 3.63) is 66.6 Å². The van der Waals surface area contributed by atoms with Crippen molar-refractivity contribution in [3.63, 3.8) is 0 Å². The Hall–Kier alpha value is -3.19. The van der Waals surface area contributed by atoms with E-state index in [0.717, 1.165) is 21.2 Å². The summed E-state index contributed by atoms with van der Waals surface area (Å²) in [5.74, 6) is -0.261. The van der Waals surface area contributed by atoms with Gasteiger partial charge in [-0.3, -0.25) is 15.1 Å². The van der Waals surface area contributed by atoms with Gasteiger partial charge in [0.2, 0.25) is 0 Å². The predicted octanol–water partition coefficient (Wildman–Crippen LogP) is 3.71. The molecule has 122 valence electrons. The van der Waals surface area contributed by atoms with Crippen LogP contribution in [0.4, 0.5) is 5.13 Å². The summed E-state index contributed by atoms with van der Waals surface area (Å²) in [6.45, 7) is 1.77. The maximum atomic E-state index is 12.3. The van der Waals surface area contributed by atoms with Gasteiger partial charge in [-0.2, -0.15) is 0 Å². The maximum Gasteiger partial charge on any atom is 0.260 e. The van der Waals surface area contributed by atoms with Crippen molar-refractivity contribution < 1.29 is 4.79 Å². The van der Waals surface area contributed by atoms with Crippen molar-refractivity contribution in [1.29, 1.82) is 0 Å². The molecule has 6 nitrogen and oxygen atoms in total. The van der Waals surface area contributed by atoms with Gasteiger partial charge in [0.05, 0.1) is 16.1 Å². The van der Waals surface area contributed by atoms with E-state index in [4.69, 9.17) is 0 Å². The van der Waals surface area contributed by atoms with Crippen molar-refractivity contribution in [1.82, 2.24) is 19.9 Å². The molecule has 1 amide bonds. The van der Waals surface area contributed by atoms with E-state index >= 15 is 0 Å². The van der Waals surface area contributed by atoms with Crippen LogP contribution in [-0.2, 0) is 0 Å². The van der Waals surface area contributed by atoms with E-state index in [2.05, 4.69) is 31.3 Å². The summed E-state index contributed by atoms with van der Waals surface area (Å²) < 4.78 is 0. The lowest BCUT2D eigenvalue weighted by Crippen LogP contribution is -2.14. The van der Waals surface area contributed by atoms with Crippen LogP contribution < -0.4 is 5.32 Å². The second-order valence-electron chi connectivity index (χ2n) is 5.44. The van der Waals surface area contributed by atoms with Gasteiger partial charge in [-0.15, -0.1) is 0 Å². The Bertz CT molecular complexity index is 1080. The van der Waals surface area contributed by atoms with Crippen LogP contribution in [0.25, 0.3) is 21.2 Å². The molecule has 3 heterocycles. The zero-order valence-electron chi connectivity index (χ0n) is 13.3. The van der Waals surface area contributed by atoms with Crippen LogP contribution in [0.2, 0.25) is 0 Å². The lowest BCUT2D eigenvalue weighted by Gasteiger charge is -2.03. The van der Waals surface area contributed by atoms with Crippen LogP contribution in [0.5, 0.6) is 0 Å². The quantitative estimate of drug-likeness (QED) is 0.611. The largest absolute Gasteiger partial charge is 0.298 e. The molecule has 0 atom stereocenters.